The summed E-state index contributed by atoms with van der Waals surface area (Å²) < 4.78 is 5.15. The van der Waals surface area contributed by atoms with Gasteiger partial charge in [-0.15, -0.1) is 0 Å². The zero-order chi connectivity index (χ0) is 17.5. The largest absolute Gasteiger partial charge is 0.496 e. The van der Waals surface area contributed by atoms with Gasteiger partial charge in [-0.3, -0.25) is 9.59 Å². The third kappa shape index (κ3) is 4.13. The van der Waals surface area contributed by atoms with Gasteiger partial charge in [0.15, 0.2) is 0 Å². The fourth-order valence-corrected chi connectivity index (χ4v) is 2.47. The number of amides is 2. The van der Waals surface area contributed by atoms with E-state index >= 15 is 0 Å². The third-order valence-corrected chi connectivity index (χ3v) is 3.77. The molecule has 2 amide bonds. The van der Waals surface area contributed by atoms with Crippen LogP contribution in [0.4, 0.5) is 5.69 Å². The van der Waals surface area contributed by atoms with Crippen LogP contribution in [0.5, 0.6) is 5.75 Å². The summed E-state index contributed by atoms with van der Waals surface area (Å²) >= 11 is 0. The second-order valence-electron chi connectivity index (χ2n) is 5.39. The maximum absolute atomic E-state index is 12.2. The summed E-state index contributed by atoms with van der Waals surface area (Å²) in [6.45, 7) is 3.88. The number of anilines is 1. The predicted molar refractivity (Wildman–Crippen MR) is 94.5 cm³/mol. The minimum atomic E-state index is -0.344. The van der Waals surface area contributed by atoms with E-state index in [4.69, 9.17) is 4.74 Å². The molecule has 0 radical (unpaired) electrons. The number of hydrogen-bond acceptors (Lipinski definition) is 3. The Bertz CT molecular complexity index is 741. The van der Waals surface area contributed by atoms with Crippen molar-refractivity contribution in [3.05, 3.63) is 59.2 Å². The summed E-state index contributed by atoms with van der Waals surface area (Å²) in [7, 11) is 1.50. The van der Waals surface area contributed by atoms with Gasteiger partial charge in [0, 0.05) is 5.69 Å². The van der Waals surface area contributed by atoms with Gasteiger partial charge in [0.2, 0.25) is 5.91 Å². The molecule has 126 valence electrons. The number of nitrogens with one attached hydrogen (secondary N) is 2. The number of carbonyl (C=O) groups excluding carboxylic acids is 2. The lowest BCUT2D eigenvalue weighted by Gasteiger charge is -2.13. The van der Waals surface area contributed by atoms with Crippen LogP contribution >= 0.6 is 0 Å². The number of hydrogen-bond donors (Lipinski definition) is 2. The summed E-state index contributed by atoms with van der Waals surface area (Å²) in [4.78, 5) is 24.4. The highest BCUT2D eigenvalue weighted by Crippen LogP contribution is 2.21. The Morgan fingerprint density at radius 2 is 1.83 bits per heavy atom. The van der Waals surface area contributed by atoms with E-state index in [0.29, 0.717) is 11.3 Å². The zero-order valence-electron chi connectivity index (χ0n) is 14.2. The Morgan fingerprint density at radius 3 is 2.54 bits per heavy atom. The molecule has 5 nitrogen and oxygen atoms in total. The van der Waals surface area contributed by atoms with Crippen LogP contribution in [0.1, 0.15) is 28.4 Å². The average molecular weight is 326 g/mol. The molecule has 0 atom stereocenters. The lowest BCUT2D eigenvalue weighted by molar-refractivity contribution is -0.115. The van der Waals surface area contributed by atoms with Gasteiger partial charge in [0.25, 0.3) is 5.91 Å². The first-order valence-electron chi connectivity index (χ1n) is 7.86. The zero-order valence-corrected chi connectivity index (χ0v) is 14.2. The van der Waals surface area contributed by atoms with Crippen LogP contribution in [-0.2, 0) is 11.2 Å². The monoisotopic (exact) mass is 326 g/mol. The molecule has 0 unspecified atom stereocenters. The number of benzene rings is 2. The SMILES string of the molecule is CCc1cccc(C)c1NC(=O)CNC(=O)c1ccccc1OC. The van der Waals surface area contributed by atoms with E-state index in [0.717, 1.165) is 23.2 Å². The van der Waals surface area contributed by atoms with E-state index in [2.05, 4.69) is 10.6 Å². The van der Waals surface area contributed by atoms with Crippen molar-refractivity contribution < 1.29 is 14.3 Å². The first kappa shape index (κ1) is 17.5. The highest BCUT2D eigenvalue weighted by atomic mass is 16.5. The van der Waals surface area contributed by atoms with Crippen LogP contribution in [0.25, 0.3) is 0 Å². The summed E-state index contributed by atoms with van der Waals surface area (Å²) in [5, 5.41) is 5.50. The second kappa shape index (κ2) is 8.15. The van der Waals surface area contributed by atoms with Gasteiger partial charge in [-0.25, -0.2) is 0 Å². The lowest BCUT2D eigenvalue weighted by atomic mass is 10.1. The van der Waals surface area contributed by atoms with Gasteiger partial charge in [0.1, 0.15) is 5.75 Å². The van der Waals surface area contributed by atoms with Crippen molar-refractivity contribution in [1.29, 1.82) is 0 Å². The fraction of sp³-hybridized carbons (Fsp3) is 0.263. The number of ether oxygens (including phenoxy) is 1. The molecule has 2 N–H and O–H groups in total. The maximum Gasteiger partial charge on any atom is 0.255 e. The minimum absolute atomic E-state index is 0.103. The van der Waals surface area contributed by atoms with Crippen molar-refractivity contribution in [2.45, 2.75) is 20.3 Å². The fourth-order valence-electron chi connectivity index (χ4n) is 2.47. The molecule has 0 spiro atoms. The van der Waals surface area contributed by atoms with Crippen LogP contribution in [0.15, 0.2) is 42.5 Å². The van der Waals surface area contributed by atoms with Crippen molar-refractivity contribution in [3.63, 3.8) is 0 Å². The molecule has 2 aromatic rings. The second-order valence-corrected chi connectivity index (χ2v) is 5.39. The molecular weight excluding hydrogens is 304 g/mol. The molecule has 0 fully saturated rings. The number of aryl methyl sites for hydroxylation is 2. The molecule has 0 bridgehead atoms. The number of methoxy groups -OCH3 is 1. The lowest BCUT2D eigenvalue weighted by Crippen LogP contribution is -2.33. The summed E-state index contributed by atoms with van der Waals surface area (Å²) in [5.41, 5.74) is 3.28. The van der Waals surface area contributed by atoms with Crippen molar-refractivity contribution in [3.8, 4) is 5.75 Å². The van der Waals surface area contributed by atoms with E-state index in [1.165, 1.54) is 7.11 Å². The van der Waals surface area contributed by atoms with Gasteiger partial charge in [0.05, 0.1) is 19.2 Å². The Labute approximate surface area is 142 Å². The Balaban J connectivity index is 2.00. The van der Waals surface area contributed by atoms with Gasteiger partial charge >= 0.3 is 0 Å². The van der Waals surface area contributed by atoms with E-state index in [-0.39, 0.29) is 18.4 Å². The molecule has 0 heterocycles. The highest BCUT2D eigenvalue weighted by Gasteiger charge is 2.13. The third-order valence-electron chi connectivity index (χ3n) is 3.77. The first-order chi connectivity index (χ1) is 11.6. The van der Waals surface area contributed by atoms with Gasteiger partial charge in [-0.05, 0) is 36.6 Å². The Kier molecular flexibility index (Phi) is 5.95. The van der Waals surface area contributed by atoms with Crippen molar-refractivity contribution in [2.24, 2.45) is 0 Å². The smallest absolute Gasteiger partial charge is 0.255 e. The molecule has 0 saturated carbocycles. The minimum Gasteiger partial charge on any atom is -0.496 e. The summed E-state index contributed by atoms with van der Waals surface area (Å²) in [6.07, 6.45) is 0.824. The van der Waals surface area contributed by atoms with Gasteiger partial charge in [-0.2, -0.15) is 0 Å². The topological polar surface area (TPSA) is 67.4 Å². The molecule has 24 heavy (non-hydrogen) atoms. The molecular formula is C19H22N2O3. The summed E-state index contributed by atoms with van der Waals surface area (Å²) in [6, 6.07) is 12.8. The van der Waals surface area contributed by atoms with Crippen LogP contribution in [0, 0.1) is 6.92 Å². The number of carbonyl (C=O) groups is 2. The molecule has 0 aliphatic rings. The standard InChI is InChI=1S/C19H22N2O3/c1-4-14-9-7-8-13(2)18(14)21-17(22)12-20-19(23)15-10-5-6-11-16(15)24-3/h5-11H,4,12H2,1-3H3,(H,20,23)(H,21,22). The van der Waals surface area contributed by atoms with Crippen molar-refractivity contribution >= 4 is 17.5 Å². The maximum atomic E-state index is 12.2. The van der Waals surface area contributed by atoms with Crippen LogP contribution in [-0.4, -0.2) is 25.5 Å². The van der Waals surface area contributed by atoms with Crippen LogP contribution in [0.3, 0.4) is 0 Å². The Morgan fingerprint density at radius 1 is 1.08 bits per heavy atom. The van der Waals surface area contributed by atoms with E-state index < -0.39 is 0 Å². The van der Waals surface area contributed by atoms with Crippen molar-refractivity contribution in [2.75, 3.05) is 19.0 Å². The van der Waals surface area contributed by atoms with Gasteiger partial charge in [-0.1, -0.05) is 37.3 Å². The quantitative estimate of drug-likeness (QED) is 0.857. The summed E-state index contributed by atoms with van der Waals surface area (Å²) in [5.74, 6) is -0.132. The molecule has 5 heteroatoms. The van der Waals surface area contributed by atoms with Crippen molar-refractivity contribution in [1.82, 2.24) is 5.32 Å². The number of rotatable bonds is 6. The number of para-hydroxylation sites is 2. The molecule has 0 aliphatic carbocycles. The molecule has 2 rings (SSSR count). The molecule has 0 saturated heterocycles. The normalized spacial score (nSPS) is 10.1. The van der Waals surface area contributed by atoms with E-state index in [9.17, 15) is 9.59 Å². The average Bonchev–Trinajstić information content (AvgIpc) is 2.61. The van der Waals surface area contributed by atoms with Gasteiger partial charge < -0.3 is 15.4 Å². The van der Waals surface area contributed by atoms with E-state index in [1.807, 2.05) is 32.0 Å². The Hall–Kier alpha value is -2.82. The molecule has 0 aromatic heterocycles. The predicted octanol–water partition coefficient (Wildman–Crippen LogP) is 2.93. The molecule has 2 aromatic carbocycles. The van der Waals surface area contributed by atoms with E-state index in [1.54, 1.807) is 24.3 Å². The van der Waals surface area contributed by atoms with Crippen LogP contribution < -0.4 is 15.4 Å². The highest BCUT2D eigenvalue weighted by molar-refractivity contribution is 6.01. The van der Waals surface area contributed by atoms with Crippen LogP contribution in [0.2, 0.25) is 0 Å². The molecule has 0 aliphatic heterocycles. The first-order valence-corrected chi connectivity index (χ1v) is 7.86.